The summed E-state index contributed by atoms with van der Waals surface area (Å²) in [5.74, 6) is -0.970. The predicted molar refractivity (Wildman–Crippen MR) is 149 cm³/mol. The highest BCUT2D eigenvalue weighted by atomic mass is 35.5. The van der Waals surface area contributed by atoms with Crippen LogP contribution in [0.5, 0.6) is 0 Å². The average Bonchev–Trinajstić information content (AvgIpc) is 3.19. The van der Waals surface area contributed by atoms with Gasteiger partial charge in [-0.25, -0.2) is 0 Å². The van der Waals surface area contributed by atoms with E-state index in [4.69, 9.17) is 28.9 Å². The van der Waals surface area contributed by atoms with Crippen LogP contribution in [0, 0.1) is 0 Å². The van der Waals surface area contributed by atoms with Crippen LogP contribution in [0.2, 0.25) is 5.02 Å². The van der Waals surface area contributed by atoms with Gasteiger partial charge in [-0.3, -0.25) is 9.59 Å². The molecule has 0 spiro atoms. The maximum Gasteiger partial charge on any atom is 0.254 e. The molecule has 0 saturated carbocycles. The number of allylic oxidation sites excluding steroid dienone is 5. The average molecular weight is 536 g/mol. The number of ketones is 1. The minimum Gasteiger partial charge on any atom is -0.397 e. The van der Waals surface area contributed by atoms with Crippen molar-refractivity contribution in [1.82, 2.24) is 0 Å². The van der Waals surface area contributed by atoms with Crippen LogP contribution >= 0.6 is 34.5 Å². The SMILES string of the molecule is CC1=C(C(=O)Nc2ccccc2)C(C2=C(Cl)CCC=C2)c2c(sc(C(=O)c3ccc(Cl)cc3)c2N)N1. The van der Waals surface area contributed by atoms with Crippen molar-refractivity contribution >= 4 is 62.6 Å². The number of halogens is 2. The van der Waals surface area contributed by atoms with Gasteiger partial charge >= 0.3 is 0 Å². The molecular weight excluding hydrogens is 513 g/mol. The first kappa shape index (κ1) is 24.4. The molecule has 0 fully saturated rings. The van der Waals surface area contributed by atoms with Crippen LogP contribution in [0.4, 0.5) is 16.4 Å². The van der Waals surface area contributed by atoms with E-state index in [1.165, 1.54) is 11.3 Å². The Bertz CT molecular complexity index is 1450. The first-order valence-electron chi connectivity index (χ1n) is 11.5. The van der Waals surface area contributed by atoms with Gasteiger partial charge in [-0.2, -0.15) is 0 Å². The maximum atomic E-state index is 13.6. The topological polar surface area (TPSA) is 84.2 Å². The summed E-state index contributed by atoms with van der Waals surface area (Å²) in [6.45, 7) is 1.85. The lowest BCUT2D eigenvalue weighted by Crippen LogP contribution is -2.27. The molecule has 8 heteroatoms. The standard InChI is InChI=1S/C28H23Cl2N3O2S/c1-15-21(27(35)33-18-7-3-2-4-8-18)22(19-9-5-6-10-20(19)30)23-24(31)26(36-28(23)32-15)25(34)16-11-13-17(29)14-12-16/h2-5,7-9,11-14,22,32H,6,10,31H2,1H3,(H,33,35). The highest BCUT2D eigenvalue weighted by Crippen LogP contribution is 2.52. The van der Waals surface area contributed by atoms with Crippen molar-refractivity contribution in [3.8, 4) is 0 Å². The number of carbonyl (C=O) groups is 2. The number of para-hydroxylation sites is 1. The Morgan fingerprint density at radius 2 is 1.81 bits per heavy atom. The number of nitrogen functional groups attached to an aromatic ring is 1. The van der Waals surface area contributed by atoms with Crippen LogP contribution in [-0.4, -0.2) is 11.7 Å². The number of benzene rings is 2. The lowest BCUT2D eigenvalue weighted by atomic mass is 9.79. The number of rotatable bonds is 5. The Balaban J connectivity index is 1.62. The van der Waals surface area contributed by atoms with E-state index in [2.05, 4.69) is 10.6 Å². The number of nitrogens with one attached hydrogen (secondary N) is 2. The van der Waals surface area contributed by atoms with Gasteiger partial charge in [0, 0.05) is 44.1 Å². The first-order chi connectivity index (χ1) is 17.3. The Morgan fingerprint density at radius 3 is 2.50 bits per heavy atom. The summed E-state index contributed by atoms with van der Waals surface area (Å²) in [4.78, 5) is 27.4. The van der Waals surface area contributed by atoms with Gasteiger partial charge in [0.05, 0.1) is 10.7 Å². The van der Waals surface area contributed by atoms with Crippen molar-refractivity contribution in [2.45, 2.75) is 25.7 Å². The van der Waals surface area contributed by atoms with Gasteiger partial charge in [0.25, 0.3) is 5.91 Å². The molecule has 3 aromatic rings. The number of amides is 1. The molecule has 1 aromatic heterocycles. The second-order valence-electron chi connectivity index (χ2n) is 8.64. The molecule has 1 aliphatic heterocycles. The number of hydrogen-bond acceptors (Lipinski definition) is 5. The second kappa shape index (κ2) is 9.97. The molecular formula is C28H23Cl2N3O2S. The number of nitrogens with two attached hydrogens (primary N) is 1. The smallest absolute Gasteiger partial charge is 0.254 e. The molecule has 5 nitrogen and oxygen atoms in total. The lowest BCUT2D eigenvalue weighted by molar-refractivity contribution is -0.113. The molecule has 1 unspecified atom stereocenters. The normalized spacial score (nSPS) is 17.0. The van der Waals surface area contributed by atoms with Gasteiger partial charge in [0.15, 0.2) is 0 Å². The predicted octanol–water partition coefficient (Wildman–Crippen LogP) is 7.48. The molecule has 5 rings (SSSR count). The van der Waals surface area contributed by atoms with Crippen LogP contribution in [0.3, 0.4) is 0 Å². The van der Waals surface area contributed by atoms with E-state index >= 15 is 0 Å². The Morgan fingerprint density at radius 1 is 1.08 bits per heavy atom. The van der Waals surface area contributed by atoms with Gasteiger partial charge < -0.3 is 16.4 Å². The molecule has 2 heterocycles. The van der Waals surface area contributed by atoms with E-state index in [1.54, 1.807) is 24.3 Å². The number of anilines is 3. The Labute approximate surface area is 223 Å². The first-order valence-corrected chi connectivity index (χ1v) is 13.0. The zero-order chi connectivity index (χ0) is 25.4. The molecule has 36 heavy (non-hydrogen) atoms. The third kappa shape index (κ3) is 4.48. The maximum absolute atomic E-state index is 13.6. The van der Waals surface area contributed by atoms with Crippen molar-refractivity contribution < 1.29 is 9.59 Å². The molecule has 0 radical (unpaired) electrons. The van der Waals surface area contributed by atoms with Crippen LogP contribution in [0.25, 0.3) is 0 Å². The Kier molecular flexibility index (Phi) is 6.75. The quantitative estimate of drug-likeness (QED) is 0.295. The van der Waals surface area contributed by atoms with E-state index in [9.17, 15) is 9.59 Å². The fraction of sp³-hybridized carbons (Fsp3) is 0.143. The fourth-order valence-corrected chi connectivity index (χ4v) is 6.16. The minimum absolute atomic E-state index is 0.198. The summed E-state index contributed by atoms with van der Waals surface area (Å²) >= 11 is 14.0. The van der Waals surface area contributed by atoms with E-state index in [0.717, 1.165) is 17.0 Å². The van der Waals surface area contributed by atoms with Crippen molar-refractivity contribution in [2.75, 3.05) is 16.4 Å². The third-order valence-corrected chi connectivity index (χ3v) is 8.10. The highest BCUT2D eigenvalue weighted by Gasteiger charge is 2.39. The van der Waals surface area contributed by atoms with Crippen molar-refractivity contribution in [3.63, 3.8) is 0 Å². The molecule has 2 aromatic carbocycles. The van der Waals surface area contributed by atoms with Crippen molar-refractivity contribution in [2.24, 2.45) is 0 Å². The molecule has 2 aliphatic rings. The van der Waals surface area contributed by atoms with Crippen molar-refractivity contribution in [1.29, 1.82) is 0 Å². The monoisotopic (exact) mass is 535 g/mol. The van der Waals surface area contributed by atoms with Crippen LogP contribution in [0.1, 0.15) is 46.5 Å². The van der Waals surface area contributed by atoms with Crippen LogP contribution < -0.4 is 16.4 Å². The molecule has 0 bridgehead atoms. The summed E-state index contributed by atoms with van der Waals surface area (Å²) in [6, 6.07) is 16.0. The van der Waals surface area contributed by atoms with E-state index in [0.29, 0.717) is 55.1 Å². The van der Waals surface area contributed by atoms with Crippen molar-refractivity contribution in [3.05, 3.63) is 110 Å². The summed E-state index contributed by atoms with van der Waals surface area (Å²) in [5.41, 5.74) is 10.9. The van der Waals surface area contributed by atoms with E-state index < -0.39 is 5.92 Å². The van der Waals surface area contributed by atoms with Gasteiger partial charge in [-0.1, -0.05) is 53.6 Å². The summed E-state index contributed by atoms with van der Waals surface area (Å²) in [7, 11) is 0. The summed E-state index contributed by atoms with van der Waals surface area (Å²) in [6.07, 6.45) is 5.52. The third-order valence-electron chi connectivity index (χ3n) is 6.31. The number of carbonyl (C=O) groups excluding carboxylic acids is 2. The summed E-state index contributed by atoms with van der Waals surface area (Å²) < 4.78 is 0. The molecule has 1 amide bonds. The second-order valence-corrected chi connectivity index (χ2v) is 10.6. The van der Waals surface area contributed by atoms with Gasteiger partial charge in [0.1, 0.15) is 4.88 Å². The van der Waals surface area contributed by atoms with Crippen LogP contribution in [0.15, 0.2) is 88.6 Å². The lowest BCUT2D eigenvalue weighted by Gasteiger charge is -2.31. The van der Waals surface area contributed by atoms with Gasteiger partial charge in [-0.15, -0.1) is 11.3 Å². The number of fused-ring (bicyclic) bond motifs is 1. The zero-order valence-electron chi connectivity index (χ0n) is 19.4. The zero-order valence-corrected chi connectivity index (χ0v) is 21.7. The molecule has 0 saturated heterocycles. The summed E-state index contributed by atoms with van der Waals surface area (Å²) in [5, 5.41) is 8.29. The van der Waals surface area contributed by atoms with E-state index in [-0.39, 0.29) is 11.7 Å². The Hall–Kier alpha value is -3.32. The van der Waals surface area contributed by atoms with Gasteiger partial charge in [0.2, 0.25) is 5.78 Å². The van der Waals surface area contributed by atoms with E-state index in [1.807, 2.05) is 49.4 Å². The molecule has 1 aliphatic carbocycles. The van der Waals surface area contributed by atoms with Crippen LogP contribution in [-0.2, 0) is 4.79 Å². The largest absolute Gasteiger partial charge is 0.397 e. The number of thiophene rings is 1. The fourth-order valence-electron chi connectivity index (χ4n) is 4.58. The molecule has 4 N–H and O–H groups in total. The number of hydrogen-bond donors (Lipinski definition) is 3. The molecule has 1 atom stereocenters. The molecule has 182 valence electrons. The minimum atomic E-state index is -0.517. The van der Waals surface area contributed by atoms with Gasteiger partial charge in [-0.05, 0) is 61.7 Å². The highest BCUT2D eigenvalue weighted by molar-refractivity contribution is 7.19.